The number of phenols is 1. The lowest BCUT2D eigenvalue weighted by Gasteiger charge is -2.28. The summed E-state index contributed by atoms with van der Waals surface area (Å²) in [6.45, 7) is 3.96. The summed E-state index contributed by atoms with van der Waals surface area (Å²) < 4.78 is 12.3. The highest BCUT2D eigenvalue weighted by atomic mass is 16.5. The van der Waals surface area contributed by atoms with E-state index in [0.29, 0.717) is 42.4 Å². The van der Waals surface area contributed by atoms with Crippen molar-refractivity contribution in [1.82, 2.24) is 10.3 Å². The van der Waals surface area contributed by atoms with E-state index < -0.39 is 6.10 Å². The Kier molecular flexibility index (Phi) is 13.2. The van der Waals surface area contributed by atoms with Crippen LogP contribution >= 0.6 is 0 Å². The Labute approximate surface area is 304 Å². The fourth-order valence-electron chi connectivity index (χ4n) is 9.67. The first-order valence-electron chi connectivity index (χ1n) is 19.9. The van der Waals surface area contributed by atoms with Gasteiger partial charge in [0.25, 0.3) is 0 Å². The number of rotatable bonds is 19. The van der Waals surface area contributed by atoms with Gasteiger partial charge in [-0.2, -0.15) is 0 Å². The van der Waals surface area contributed by atoms with Crippen molar-refractivity contribution in [2.75, 3.05) is 26.2 Å². The molecule has 2 fully saturated rings. The van der Waals surface area contributed by atoms with Crippen LogP contribution in [0.25, 0.3) is 0 Å². The first-order valence-corrected chi connectivity index (χ1v) is 19.9. The van der Waals surface area contributed by atoms with Crippen molar-refractivity contribution in [1.29, 1.82) is 0 Å². The molecule has 0 amide bonds. The first kappa shape index (κ1) is 37.9. The maximum Gasteiger partial charge on any atom is 0.161 e. The van der Waals surface area contributed by atoms with E-state index in [1.807, 2.05) is 25.1 Å². The lowest BCUT2D eigenvalue weighted by molar-refractivity contribution is 0.103. The fourth-order valence-corrected chi connectivity index (χ4v) is 9.67. The molecule has 0 unspecified atom stereocenters. The summed E-state index contributed by atoms with van der Waals surface area (Å²) in [5, 5.41) is 45.2. The fraction of sp³-hybridized carbons (Fsp3) is 0.667. The van der Waals surface area contributed by atoms with E-state index in [1.54, 1.807) is 6.07 Å². The molecule has 3 aliphatic rings. The number of hydrogen-bond acceptors (Lipinski definition) is 8. The molecule has 2 aromatic heterocycles. The van der Waals surface area contributed by atoms with Crippen LogP contribution in [0.3, 0.4) is 0 Å². The average Bonchev–Trinajstić information content (AvgIpc) is 3.93. The van der Waals surface area contributed by atoms with Crippen LogP contribution in [0, 0.1) is 17.3 Å². The molecule has 0 spiro atoms. The van der Waals surface area contributed by atoms with E-state index in [4.69, 9.17) is 14.9 Å². The molecule has 9 heteroatoms. The van der Waals surface area contributed by atoms with Gasteiger partial charge in [0.1, 0.15) is 24.2 Å². The number of aromatic amines is 1. The summed E-state index contributed by atoms with van der Waals surface area (Å²) in [5.74, 6) is 3.83. The Morgan fingerprint density at radius 3 is 2.65 bits per heavy atom. The third kappa shape index (κ3) is 9.60. The van der Waals surface area contributed by atoms with Crippen LogP contribution in [0.5, 0.6) is 11.5 Å². The molecule has 9 nitrogen and oxygen atoms in total. The average molecular weight is 706 g/mol. The molecule has 2 saturated carbocycles. The number of aliphatic hydroxyl groups is 3. The smallest absolute Gasteiger partial charge is 0.161 e. The predicted molar refractivity (Wildman–Crippen MR) is 200 cm³/mol. The third-order valence-electron chi connectivity index (χ3n) is 12.4. The van der Waals surface area contributed by atoms with Gasteiger partial charge in [0.15, 0.2) is 11.5 Å². The molecular formula is C42H63N3O6. The number of aliphatic hydroxyl groups excluding tert-OH is 3. The molecule has 0 radical (unpaired) electrons. The quantitative estimate of drug-likeness (QED) is 0.0676. The summed E-state index contributed by atoms with van der Waals surface area (Å²) in [6, 6.07) is 9.48. The molecule has 1 aromatic carbocycles. The Hall–Kier alpha value is -2.82. The largest absolute Gasteiger partial charge is 0.504 e. The Morgan fingerprint density at radius 1 is 1.02 bits per heavy atom. The zero-order valence-corrected chi connectivity index (χ0v) is 30.8. The van der Waals surface area contributed by atoms with Crippen LogP contribution in [-0.4, -0.2) is 57.8 Å². The number of aromatic hydroxyl groups is 1. The predicted octanol–water partition coefficient (Wildman–Crippen LogP) is 6.74. The van der Waals surface area contributed by atoms with Crippen LogP contribution in [0.2, 0.25) is 0 Å². The van der Waals surface area contributed by atoms with E-state index in [9.17, 15) is 20.4 Å². The first-order chi connectivity index (χ1) is 24.8. The number of benzene rings is 1. The Balaban J connectivity index is 1.02. The van der Waals surface area contributed by atoms with Crippen LogP contribution in [0.4, 0.5) is 0 Å². The van der Waals surface area contributed by atoms with Crippen molar-refractivity contribution >= 4 is 0 Å². The second kappa shape index (κ2) is 17.8. The Morgan fingerprint density at radius 2 is 1.86 bits per heavy atom. The number of furan rings is 1. The summed E-state index contributed by atoms with van der Waals surface area (Å²) in [4.78, 5) is 3.54. The van der Waals surface area contributed by atoms with Crippen LogP contribution in [0.15, 0.2) is 34.7 Å². The molecule has 0 saturated heterocycles. The number of nitrogens with one attached hydrogen (secondary N) is 2. The van der Waals surface area contributed by atoms with Gasteiger partial charge in [0.2, 0.25) is 0 Å². The summed E-state index contributed by atoms with van der Waals surface area (Å²) >= 11 is 0. The zero-order chi connectivity index (χ0) is 35.8. The summed E-state index contributed by atoms with van der Waals surface area (Å²) in [7, 11) is 0. The summed E-state index contributed by atoms with van der Waals surface area (Å²) in [6.07, 6.45) is 16.7. The molecular weight excluding hydrogens is 642 g/mol. The van der Waals surface area contributed by atoms with Crippen molar-refractivity contribution in [3.8, 4) is 11.5 Å². The molecule has 51 heavy (non-hydrogen) atoms. The van der Waals surface area contributed by atoms with Gasteiger partial charge in [-0.25, -0.2) is 0 Å². The minimum Gasteiger partial charge on any atom is -0.504 e. The van der Waals surface area contributed by atoms with Crippen molar-refractivity contribution in [2.24, 2.45) is 23.0 Å². The topological polar surface area (TPSA) is 157 Å². The second-order valence-electron chi connectivity index (χ2n) is 16.1. The van der Waals surface area contributed by atoms with Crippen LogP contribution in [0.1, 0.15) is 136 Å². The zero-order valence-electron chi connectivity index (χ0n) is 30.8. The second-order valence-corrected chi connectivity index (χ2v) is 16.1. The van der Waals surface area contributed by atoms with Gasteiger partial charge in [-0.15, -0.1) is 0 Å². The molecule has 8 N–H and O–H groups in total. The molecule has 3 aromatic rings. The molecule has 0 bridgehead atoms. The minimum atomic E-state index is -0.867. The number of phenolic OH excluding ortho intramolecular Hbond substituents is 1. The number of nitrogens with two attached hydrogens (primary N) is 1. The number of hydrogen-bond donors (Lipinski definition) is 7. The molecule has 282 valence electrons. The third-order valence-corrected chi connectivity index (χ3v) is 12.4. The van der Waals surface area contributed by atoms with E-state index in [0.717, 1.165) is 85.9 Å². The molecule has 3 aliphatic carbocycles. The maximum absolute atomic E-state index is 11.2. The number of aromatic nitrogens is 1. The van der Waals surface area contributed by atoms with E-state index >= 15 is 0 Å². The van der Waals surface area contributed by atoms with Crippen molar-refractivity contribution in [3.05, 3.63) is 69.9 Å². The van der Waals surface area contributed by atoms with Crippen LogP contribution < -0.4 is 15.8 Å². The van der Waals surface area contributed by atoms with Gasteiger partial charge in [0, 0.05) is 48.8 Å². The number of H-pyrrole nitrogens is 1. The lowest BCUT2D eigenvalue weighted by Crippen LogP contribution is -2.32. The minimum absolute atomic E-state index is 0.0160. The van der Waals surface area contributed by atoms with E-state index in [1.165, 1.54) is 62.6 Å². The monoisotopic (exact) mass is 705 g/mol. The number of ether oxygens (including phenoxy) is 1. The lowest BCUT2D eigenvalue weighted by atomic mass is 9.78. The maximum atomic E-state index is 11.2. The Bertz CT molecular complexity index is 1520. The SMILES string of the molecule is C[C@H](O)CNC[C@H]1c2cc([C@@H](O)COc3cc(CCc4cc(CO)c(CCCCC5(CCN)CCCC5)o4)ccc3O)[nH]c2CC[C@H]2CCC[C@@H]21. The molecule has 6 rings (SSSR count). The highest BCUT2D eigenvalue weighted by Crippen LogP contribution is 2.48. The number of aryl methyl sites for hydroxylation is 4. The van der Waals surface area contributed by atoms with Crippen molar-refractivity contribution < 1.29 is 29.6 Å². The van der Waals surface area contributed by atoms with Crippen molar-refractivity contribution in [3.63, 3.8) is 0 Å². The highest BCUT2D eigenvalue weighted by molar-refractivity contribution is 5.42. The van der Waals surface area contributed by atoms with Gasteiger partial charge in [-0.3, -0.25) is 0 Å². The number of fused-ring (bicyclic) bond motifs is 2. The van der Waals surface area contributed by atoms with Gasteiger partial charge in [-0.1, -0.05) is 38.2 Å². The summed E-state index contributed by atoms with van der Waals surface area (Å²) in [5.41, 5.74) is 11.5. The van der Waals surface area contributed by atoms with Gasteiger partial charge in [0.05, 0.1) is 12.7 Å². The van der Waals surface area contributed by atoms with Gasteiger partial charge < -0.3 is 45.6 Å². The van der Waals surface area contributed by atoms with Crippen LogP contribution in [-0.2, 0) is 32.3 Å². The molecule has 0 aliphatic heterocycles. The van der Waals surface area contributed by atoms with Gasteiger partial charge in [-0.05, 0) is 124 Å². The molecule has 5 atom stereocenters. The van der Waals surface area contributed by atoms with Gasteiger partial charge >= 0.3 is 0 Å². The van der Waals surface area contributed by atoms with E-state index in [2.05, 4.69) is 16.4 Å². The standard InChI is InChI=1S/C42H63N3O6/c1-28(47)24-44-25-35-33-8-6-7-30(33)12-14-36-34(35)23-37(45-36)39(49)27-50-41-21-29(11-15-38(41)48)10-13-32-22-31(26-46)40(51-32)9-2-3-16-42(19-20-43)17-4-5-18-42/h11,15,21-23,28,30,33,35,39,44-49H,2-10,12-14,16-20,24-27,43H2,1H3/t28-,30+,33-,35+,39-/m0/s1. The van der Waals surface area contributed by atoms with E-state index in [-0.39, 0.29) is 25.1 Å². The highest BCUT2D eigenvalue weighted by Gasteiger charge is 2.38. The molecule has 2 heterocycles. The number of unbranched alkanes of at least 4 members (excludes halogenated alkanes) is 1. The van der Waals surface area contributed by atoms with Crippen molar-refractivity contribution in [2.45, 2.75) is 134 Å². The normalized spacial score (nSPS) is 22.4.